The van der Waals surface area contributed by atoms with Gasteiger partial charge < -0.3 is 0 Å². The van der Waals surface area contributed by atoms with Crippen molar-refractivity contribution in [3.05, 3.63) is 165 Å². The van der Waals surface area contributed by atoms with Crippen molar-refractivity contribution in [3.8, 4) is 0 Å². The van der Waals surface area contributed by atoms with Crippen molar-refractivity contribution in [1.29, 1.82) is 0 Å². The van der Waals surface area contributed by atoms with Crippen molar-refractivity contribution >= 4 is 45.5 Å². The second-order valence-corrected chi connectivity index (χ2v) is 12.4. The summed E-state index contributed by atoms with van der Waals surface area (Å²) in [5, 5.41) is -2.78. The molecule has 8 rings (SSSR count). The van der Waals surface area contributed by atoms with Crippen molar-refractivity contribution in [2.24, 2.45) is 0 Å². The Morgan fingerprint density at radius 3 is 0.492 bits per heavy atom. The maximum Gasteiger partial charge on any atom is 0.200 e. The third-order valence-corrected chi connectivity index (χ3v) is 9.34. The molecule has 2 aliphatic heterocycles. The first kappa shape index (κ1) is 40.8. The van der Waals surface area contributed by atoms with Crippen LogP contribution >= 0.6 is 0 Å². The van der Waals surface area contributed by atoms with Crippen LogP contribution in [-0.4, -0.2) is 4.92 Å². The molecule has 0 atom stereocenters. The van der Waals surface area contributed by atoms with E-state index in [2.05, 4.69) is 0 Å². The average Bonchev–Trinajstić information content (AvgIpc) is 3.69. The van der Waals surface area contributed by atoms with Crippen LogP contribution in [0.3, 0.4) is 0 Å². The number of anilines is 8. The van der Waals surface area contributed by atoms with Gasteiger partial charge in [-0.15, -0.1) is 20.0 Å². The molecule has 0 N–H and O–H groups in total. The van der Waals surface area contributed by atoms with Crippen molar-refractivity contribution in [3.63, 3.8) is 0 Å². The summed E-state index contributed by atoms with van der Waals surface area (Å²) in [6.07, 6.45) is 0. The lowest BCUT2D eigenvalue weighted by Crippen LogP contribution is -2.75. The van der Waals surface area contributed by atoms with E-state index in [-0.39, 0.29) is 0 Å². The molecule has 0 saturated carbocycles. The van der Waals surface area contributed by atoms with Crippen molar-refractivity contribution in [1.82, 2.24) is 0 Å². The van der Waals surface area contributed by atoms with E-state index in [9.17, 15) is 17.6 Å². The van der Waals surface area contributed by atoms with E-state index in [1.807, 2.05) is 0 Å². The van der Waals surface area contributed by atoms with Crippen LogP contribution in [0.1, 0.15) is 0 Å². The number of nitrogens with zero attached hydrogens (tertiary/aromatic N) is 5. The minimum atomic E-state index is -3.56. The number of fused-ring (bicyclic) bond motifs is 2. The van der Waals surface area contributed by atoms with Gasteiger partial charge in [0.25, 0.3) is 0 Å². The molecule has 0 unspecified atom stereocenters. The molecule has 0 amide bonds. The SMILES string of the molecule is Fc1c(F)c(F)c(N2c3ccccc3N(c3c(F)c(F)c(F)c(F)c3F)[N+]23N(c2c(F)c(F)c(F)c(F)c2F)c2ccccc2N3c2c(F)c(F)c(F)c(F)c2F)c(F)c1F. The smallest absolute Gasteiger partial charge is 0.200 e. The highest BCUT2D eigenvalue weighted by atomic mass is 19.2. The zero-order valence-corrected chi connectivity index (χ0v) is 28.4. The van der Waals surface area contributed by atoms with E-state index >= 15 is 70.2 Å². The third-order valence-electron chi connectivity index (χ3n) is 9.34. The summed E-state index contributed by atoms with van der Waals surface area (Å²) in [6, 6.07) is 4.39. The molecule has 0 fully saturated rings. The molecular formula is C36H8F20N5+. The molecule has 316 valence electrons. The fourth-order valence-corrected chi connectivity index (χ4v) is 6.90. The number of hydrogen-bond donors (Lipinski definition) is 0. The zero-order chi connectivity index (χ0) is 44.6. The van der Waals surface area contributed by atoms with E-state index in [4.69, 9.17) is 0 Å². The predicted octanol–water partition coefficient (Wildman–Crippen LogP) is 12.2. The highest BCUT2D eigenvalue weighted by Crippen LogP contribution is 2.65. The van der Waals surface area contributed by atoms with Crippen LogP contribution in [0.25, 0.3) is 0 Å². The van der Waals surface area contributed by atoms with Gasteiger partial charge in [0.05, 0.1) is 4.92 Å². The van der Waals surface area contributed by atoms with Gasteiger partial charge in [0, 0.05) is 0 Å². The average molecular weight is 890 g/mol. The van der Waals surface area contributed by atoms with Crippen LogP contribution in [-0.2, 0) is 0 Å². The van der Waals surface area contributed by atoms with Crippen LogP contribution in [0.4, 0.5) is 133 Å². The highest BCUT2D eigenvalue weighted by molar-refractivity contribution is 5.90. The van der Waals surface area contributed by atoms with Crippen LogP contribution < -0.4 is 20.0 Å². The Balaban J connectivity index is 1.76. The Labute approximate surface area is 323 Å². The zero-order valence-electron chi connectivity index (χ0n) is 28.4. The molecule has 1 spiro atoms. The number of para-hydroxylation sites is 4. The standard InChI is InChI=1S/C36H8F20N5/c37-13-17(41)25(49)33(26(50)18(13)42)57-9-5-1-2-6-10(9)58(34-27(51)19(43)14(38)20(44)28(34)52)61(57)59(35-29(53)21(45)15(39)22(46)30(35)54)11-7-3-4-8-12(11)60(61)36-31(55)23(47)16(40)24(48)32(36)56/h1-8H/q+1. The van der Waals surface area contributed by atoms with E-state index in [1.54, 1.807) is 0 Å². The number of quaternary nitrogens is 1. The highest BCUT2D eigenvalue weighted by Gasteiger charge is 2.72. The maximum absolute atomic E-state index is 16.3. The monoisotopic (exact) mass is 890 g/mol. The number of hydrogen-bond acceptors (Lipinski definition) is 4. The van der Waals surface area contributed by atoms with Gasteiger partial charge in [0.1, 0.15) is 22.7 Å². The van der Waals surface area contributed by atoms with E-state index in [0.29, 0.717) is 48.5 Å². The summed E-state index contributed by atoms with van der Waals surface area (Å²) < 4.78 is 311. The Morgan fingerprint density at radius 1 is 0.213 bits per heavy atom. The molecule has 0 saturated heterocycles. The molecule has 2 aliphatic rings. The van der Waals surface area contributed by atoms with Crippen molar-refractivity contribution in [2.45, 2.75) is 0 Å². The van der Waals surface area contributed by atoms with E-state index < -0.39 is 187 Å². The predicted molar refractivity (Wildman–Crippen MR) is 167 cm³/mol. The summed E-state index contributed by atoms with van der Waals surface area (Å²) in [7, 11) is 0. The number of benzene rings is 6. The minimum Gasteiger partial charge on any atom is -0.201 e. The molecule has 61 heavy (non-hydrogen) atoms. The molecule has 6 aromatic rings. The van der Waals surface area contributed by atoms with Crippen LogP contribution in [0, 0.1) is 116 Å². The molecule has 0 aliphatic carbocycles. The lowest BCUT2D eigenvalue weighted by molar-refractivity contribution is -0.930. The van der Waals surface area contributed by atoms with Gasteiger partial charge in [-0.25, -0.2) is 87.8 Å². The Kier molecular flexibility index (Phi) is 9.07. The second kappa shape index (κ2) is 13.5. The van der Waals surface area contributed by atoms with Crippen LogP contribution in [0.5, 0.6) is 0 Å². The molecule has 0 radical (unpaired) electrons. The van der Waals surface area contributed by atoms with Gasteiger partial charge in [-0.2, -0.15) is 0 Å². The maximum atomic E-state index is 16.3. The molecule has 0 bridgehead atoms. The second-order valence-electron chi connectivity index (χ2n) is 12.4. The normalized spacial score (nSPS) is 14.2. The summed E-state index contributed by atoms with van der Waals surface area (Å²) in [5.74, 6) is -61.0. The first-order chi connectivity index (χ1) is 28.7. The Hall–Kier alpha value is -6.92. The third kappa shape index (κ3) is 4.96. The van der Waals surface area contributed by atoms with Crippen LogP contribution in [0.15, 0.2) is 48.5 Å². The van der Waals surface area contributed by atoms with Gasteiger partial charge in [0.15, 0.2) is 116 Å². The number of rotatable bonds is 4. The molecule has 6 aromatic carbocycles. The summed E-state index contributed by atoms with van der Waals surface area (Å²) in [6.45, 7) is 0. The van der Waals surface area contributed by atoms with Gasteiger partial charge in [-0.3, -0.25) is 0 Å². The van der Waals surface area contributed by atoms with Gasteiger partial charge in [-0.1, -0.05) is 24.3 Å². The largest absolute Gasteiger partial charge is 0.201 e. The molecule has 5 nitrogen and oxygen atoms in total. The topological polar surface area (TPSA) is 13.0 Å². The van der Waals surface area contributed by atoms with Gasteiger partial charge in [0.2, 0.25) is 23.3 Å². The van der Waals surface area contributed by atoms with Gasteiger partial charge in [-0.05, 0) is 24.3 Å². The molecule has 2 heterocycles. The van der Waals surface area contributed by atoms with E-state index in [1.165, 1.54) is 0 Å². The minimum absolute atomic E-state index is 0.399. The van der Waals surface area contributed by atoms with E-state index in [0.717, 1.165) is 0 Å². The first-order valence-electron chi connectivity index (χ1n) is 16.0. The fraction of sp³-hybridized carbons (Fsp3) is 0. The first-order valence-corrected chi connectivity index (χ1v) is 16.0. The summed E-state index contributed by atoms with van der Waals surface area (Å²) >= 11 is 0. The molecule has 0 aromatic heterocycles. The summed E-state index contributed by atoms with van der Waals surface area (Å²) in [4.78, 5) is -3.56. The lowest BCUT2D eigenvalue weighted by Gasteiger charge is -2.49. The lowest BCUT2D eigenvalue weighted by atomic mass is 10.2. The Bertz CT molecular complexity index is 2430. The Morgan fingerprint density at radius 2 is 0.344 bits per heavy atom. The van der Waals surface area contributed by atoms with Crippen molar-refractivity contribution in [2.75, 3.05) is 20.0 Å². The fourth-order valence-electron chi connectivity index (χ4n) is 6.90. The quantitative estimate of drug-likeness (QED) is 0.0757. The van der Waals surface area contributed by atoms with Gasteiger partial charge >= 0.3 is 0 Å². The molecular weight excluding hydrogens is 882 g/mol. The number of halogens is 20. The van der Waals surface area contributed by atoms with Crippen LogP contribution in [0.2, 0.25) is 0 Å². The summed E-state index contributed by atoms with van der Waals surface area (Å²) in [5.41, 5.74) is -16.2. The van der Waals surface area contributed by atoms with Crippen molar-refractivity contribution < 1.29 is 92.7 Å². The molecule has 25 heteroatoms.